The summed E-state index contributed by atoms with van der Waals surface area (Å²) in [5.41, 5.74) is 2.45. The van der Waals surface area contributed by atoms with Gasteiger partial charge in [-0.15, -0.1) is 0 Å². The topological polar surface area (TPSA) is 30.3 Å². The minimum absolute atomic E-state index is 0.730. The highest BCUT2D eigenvalue weighted by Gasteiger charge is 2.27. The molecule has 0 bridgehead atoms. The summed E-state index contributed by atoms with van der Waals surface area (Å²) in [6.07, 6.45) is 2.57. The zero-order chi connectivity index (χ0) is 13.2. The number of fused-ring (bicyclic) bond motifs is 1. The maximum absolute atomic E-state index is 8.30. The molecule has 1 aromatic carbocycles. The number of piperidine rings is 1. The number of amidine groups is 1. The van der Waals surface area contributed by atoms with Gasteiger partial charge in [0.25, 0.3) is 0 Å². The van der Waals surface area contributed by atoms with E-state index in [0.29, 0.717) is 0 Å². The fourth-order valence-electron chi connectivity index (χ4n) is 3.30. The minimum Gasteiger partial charge on any atom is -0.352 e. The van der Waals surface area contributed by atoms with Crippen LogP contribution in [0.4, 0.5) is 0 Å². The van der Waals surface area contributed by atoms with Gasteiger partial charge >= 0.3 is 0 Å². The maximum atomic E-state index is 8.30. The Morgan fingerprint density at radius 2 is 1.95 bits per heavy atom. The van der Waals surface area contributed by atoms with E-state index in [2.05, 4.69) is 34.9 Å². The van der Waals surface area contributed by atoms with Crippen LogP contribution in [0.15, 0.2) is 24.3 Å². The van der Waals surface area contributed by atoms with Crippen molar-refractivity contribution in [1.29, 1.82) is 5.41 Å². The molecule has 1 N–H and O–H groups in total. The molecule has 0 aromatic heterocycles. The van der Waals surface area contributed by atoms with Gasteiger partial charge < -0.3 is 9.80 Å². The van der Waals surface area contributed by atoms with Gasteiger partial charge in [0.15, 0.2) is 0 Å². The smallest absolute Gasteiger partial charge is 0.128 e. The zero-order valence-corrected chi connectivity index (χ0v) is 11.7. The van der Waals surface area contributed by atoms with Gasteiger partial charge in [-0.3, -0.25) is 5.41 Å². The summed E-state index contributed by atoms with van der Waals surface area (Å²) < 4.78 is 0. The quantitative estimate of drug-likeness (QED) is 0.902. The Balaban J connectivity index is 1.60. The summed E-state index contributed by atoms with van der Waals surface area (Å²) in [6.45, 7) is 7.88. The predicted octanol–water partition coefficient (Wildman–Crippen LogP) is 2.56. The molecule has 3 heteroatoms. The molecular weight excluding hydrogens is 234 g/mol. The summed E-state index contributed by atoms with van der Waals surface area (Å²) >= 11 is 0. The Morgan fingerprint density at radius 3 is 2.63 bits per heavy atom. The summed E-state index contributed by atoms with van der Waals surface area (Å²) in [6, 6.07) is 8.35. The van der Waals surface area contributed by atoms with Crippen LogP contribution < -0.4 is 0 Å². The first-order valence-electron chi connectivity index (χ1n) is 7.42. The van der Waals surface area contributed by atoms with Crippen molar-refractivity contribution in [2.45, 2.75) is 26.3 Å². The fourth-order valence-corrected chi connectivity index (χ4v) is 3.30. The molecule has 1 aromatic rings. The molecule has 0 saturated carbocycles. The SMILES string of the molecule is CCN1CCC(CN2Cc3ccccc3C2=N)CC1. The third kappa shape index (κ3) is 2.52. The van der Waals surface area contributed by atoms with Crippen LogP contribution in [0.3, 0.4) is 0 Å². The third-order valence-electron chi connectivity index (χ3n) is 4.58. The van der Waals surface area contributed by atoms with Crippen molar-refractivity contribution in [3.63, 3.8) is 0 Å². The molecule has 19 heavy (non-hydrogen) atoms. The van der Waals surface area contributed by atoms with Gasteiger partial charge in [0, 0.05) is 18.7 Å². The molecule has 2 heterocycles. The predicted molar refractivity (Wildman–Crippen MR) is 78.5 cm³/mol. The van der Waals surface area contributed by atoms with Crippen LogP contribution in [-0.2, 0) is 6.54 Å². The van der Waals surface area contributed by atoms with Gasteiger partial charge in [-0.25, -0.2) is 0 Å². The number of benzene rings is 1. The average Bonchev–Trinajstić information content (AvgIpc) is 2.77. The van der Waals surface area contributed by atoms with E-state index in [1.54, 1.807) is 0 Å². The number of nitrogens with zero attached hydrogens (tertiary/aromatic N) is 2. The van der Waals surface area contributed by atoms with Crippen LogP contribution >= 0.6 is 0 Å². The molecule has 1 fully saturated rings. The number of rotatable bonds is 3. The van der Waals surface area contributed by atoms with Crippen LogP contribution in [0, 0.1) is 11.3 Å². The maximum Gasteiger partial charge on any atom is 0.128 e. The molecule has 0 radical (unpaired) electrons. The molecule has 0 unspecified atom stereocenters. The van der Waals surface area contributed by atoms with Gasteiger partial charge in [-0.2, -0.15) is 0 Å². The largest absolute Gasteiger partial charge is 0.352 e. The highest BCUT2D eigenvalue weighted by atomic mass is 15.2. The minimum atomic E-state index is 0.730. The average molecular weight is 257 g/mol. The first-order chi connectivity index (χ1) is 9.28. The summed E-state index contributed by atoms with van der Waals surface area (Å²) in [5, 5.41) is 8.30. The van der Waals surface area contributed by atoms with Crippen LogP contribution in [-0.4, -0.2) is 41.8 Å². The highest BCUT2D eigenvalue weighted by Crippen LogP contribution is 2.26. The number of likely N-dealkylation sites (tertiary alicyclic amines) is 1. The Labute approximate surface area is 115 Å². The third-order valence-corrected chi connectivity index (χ3v) is 4.58. The molecular formula is C16H23N3. The zero-order valence-electron chi connectivity index (χ0n) is 11.7. The van der Waals surface area contributed by atoms with E-state index in [1.165, 1.54) is 38.0 Å². The number of nitrogens with one attached hydrogen (secondary N) is 1. The fraction of sp³-hybridized carbons (Fsp3) is 0.562. The van der Waals surface area contributed by atoms with Crippen molar-refractivity contribution in [2.75, 3.05) is 26.2 Å². The molecule has 0 aliphatic carbocycles. The lowest BCUT2D eigenvalue weighted by molar-refractivity contribution is 0.172. The second kappa shape index (κ2) is 5.33. The van der Waals surface area contributed by atoms with Crippen molar-refractivity contribution in [3.05, 3.63) is 35.4 Å². The second-order valence-corrected chi connectivity index (χ2v) is 5.76. The molecule has 0 amide bonds. The van der Waals surface area contributed by atoms with E-state index in [4.69, 9.17) is 5.41 Å². The Kier molecular flexibility index (Phi) is 3.56. The summed E-state index contributed by atoms with van der Waals surface area (Å²) in [4.78, 5) is 4.79. The first kappa shape index (κ1) is 12.7. The van der Waals surface area contributed by atoms with Crippen molar-refractivity contribution in [2.24, 2.45) is 5.92 Å². The van der Waals surface area contributed by atoms with Gasteiger partial charge in [0.1, 0.15) is 5.84 Å². The summed E-state index contributed by atoms with van der Waals surface area (Å²) in [5.74, 6) is 1.49. The molecule has 1 saturated heterocycles. The lowest BCUT2D eigenvalue weighted by Crippen LogP contribution is -2.38. The van der Waals surface area contributed by atoms with E-state index in [1.807, 2.05) is 6.07 Å². The molecule has 102 valence electrons. The van der Waals surface area contributed by atoms with E-state index < -0.39 is 0 Å². The van der Waals surface area contributed by atoms with Crippen molar-refractivity contribution in [3.8, 4) is 0 Å². The number of hydrogen-bond donors (Lipinski definition) is 1. The molecule has 2 aliphatic heterocycles. The van der Waals surface area contributed by atoms with Crippen LogP contribution in [0.5, 0.6) is 0 Å². The lowest BCUT2D eigenvalue weighted by atomic mass is 9.96. The van der Waals surface area contributed by atoms with Gasteiger partial charge in [0.2, 0.25) is 0 Å². The van der Waals surface area contributed by atoms with E-state index in [-0.39, 0.29) is 0 Å². The van der Waals surface area contributed by atoms with Gasteiger partial charge in [-0.05, 0) is 44.0 Å². The Morgan fingerprint density at radius 1 is 1.21 bits per heavy atom. The normalized spacial score (nSPS) is 20.9. The Hall–Kier alpha value is -1.35. The van der Waals surface area contributed by atoms with E-state index in [9.17, 15) is 0 Å². The summed E-state index contributed by atoms with van der Waals surface area (Å²) in [7, 11) is 0. The van der Waals surface area contributed by atoms with Crippen LogP contribution in [0.1, 0.15) is 30.9 Å². The van der Waals surface area contributed by atoms with Crippen molar-refractivity contribution >= 4 is 5.84 Å². The van der Waals surface area contributed by atoms with Gasteiger partial charge in [-0.1, -0.05) is 31.2 Å². The first-order valence-corrected chi connectivity index (χ1v) is 7.42. The second-order valence-electron chi connectivity index (χ2n) is 5.76. The van der Waals surface area contributed by atoms with Gasteiger partial charge in [0.05, 0.1) is 0 Å². The van der Waals surface area contributed by atoms with E-state index >= 15 is 0 Å². The van der Waals surface area contributed by atoms with Crippen LogP contribution in [0.25, 0.3) is 0 Å². The monoisotopic (exact) mass is 257 g/mol. The Bertz CT molecular complexity index is 461. The van der Waals surface area contributed by atoms with Crippen LogP contribution in [0.2, 0.25) is 0 Å². The lowest BCUT2D eigenvalue weighted by Gasteiger charge is -2.33. The molecule has 3 nitrogen and oxygen atoms in total. The van der Waals surface area contributed by atoms with E-state index in [0.717, 1.165) is 30.4 Å². The van der Waals surface area contributed by atoms with Crippen molar-refractivity contribution < 1.29 is 0 Å². The standard InChI is InChI=1S/C16H23N3/c1-2-18-9-7-13(8-10-18)11-19-12-14-5-3-4-6-15(14)16(19)17/h3-6,13,17H,2,7-12H2,1H3. The number of hydrogen-bond acceptors (Lipinski definition) is 2. The molecule has 0 spiro atoms. The van der Waals surface area contributed by atoms with Crippen molar-refractivity contribution in [1.82, 2.24) is 9.80 Å². The highest BCUT2D eigenvalue weighted by molar-refractivity contribution is 6.00. The molecule has 2 aliphatic rings. The molecule has 0 atom stereocenters. The molecule has 3 rings (SSSR count).